The van der Waals surface area contributed by atoms with Crippen LogP contribution in [0.15, 0.2) is 21.2 Å². The number of morpholine rings is 1. The van der Waals surface area contributed by atoms with Gasteiger partial charge in [-0.1, -0.05) is 0 Å². The van der Waals surface area contributed by atoms with Crippen LogP contribution in [0.1, 0.15) is 12.2 Å². The Morgan fingerprint density at radius 3 is 3.06 bits per heavy atom. The van der Waals surface area contributed by atoms with Crippen LogP contribution in [0.25, 0.3) is 0 Å². The Bertz CT molecular complexity index is 402. The molecule has 1 aliphatic rings. The lowest BCUT2D eigenvalue weighted by Gasteiger charge is -2.25. The van der Waals surface area contributed by atoms with Crippen LogP contribution in [0.3, 0.4) is 0 Å². The maximum absolute atomic E-state index is 12.0. The molecular formula is C12H17BrN2O3. The van der Waals surface area contributed by atoms with Crippen LogP contribution >= 0.6 is 15.9 Å². The van der Waals surface area contributed by atoms with Crippen molar-refractivity contribution in [1.29, 1.82) is 0 Å². The van der Waals surface area contributed by atoms with E-state index in [1.165, 1.54) is 0 Å². The van der Waals surface area contributed by atoms with Crippen LogP contribution in [-0.2, 0) is 16.1 Å². The van der Waals surface area contributed by atoms with E-state index in [0.29, 0.717) is 24.2 Å². The molecule has 6 heteroatoms. The highest BCUT2D eigenvalue weighted by atomic mass is 79.9. The van der Waals surface area contributed by atoms with Crippen LogP contribution in [-0.4, -0.2) is 43.7 Å². The molecule has 2 heterocycles. The topological polar surface area (TPSA) is 54.7 Å². The predicted molar refractivity (Wildman–Crippen MR) is 70.1 cm³/mol. The Balaban J connectivity index is 1.80. The number of nitrogens with one attached hydrogen (secondary N) is 1. The molecular weight excluding hydrogens is 300 g/mol. The van der Waals surface area contributed by atoms with E-state index < -0.39 is 0 Å². The summed E-state index contributed by atoms with van der Waals surface area (Å²) in [7, 11) is 1.78. The van der Waals surface area contributed by atoms with Gasteiger partial charge in [-0.25, -0.2) is 0 Å². The zero-order chi connectivity index (χ0) is 13.0. The van der Waals surface area contributed by atoms with E-state index in [2.05, 4.69) is 21.2 Å². The normalized spacial score (nSPS) is 19.8. The number of hydrogen-bond donors (Lipinski definition) is 1. The van der Waals surface area contributed by atoms with Gasteiger partial charge in [-0.05, 0) is 28.1 Å². The zero-order valence-corrected chi connectivity index (χ0v) is 11.9. The molecule has 0 radical (unpaired) electrons. The summed E-state index contributed by atoms with van der Waals surface area (Å²) in [5.74, 6) is 0.858. The minimum atomic E-state index is 0.0884. The first-order valence-electron chi connectivity index (χ1n) is 5.94. The molecule has 1 N–H and O–H groups in total. The fourth-order valence-electron chi connectivity index (χ4n) is 1.88. The summed E-state index contributed by atoms with van der Waals surface area (Å²) >= 11 is 3.24. The van der Waals surface area contributed by atoms with Gasteiger partial charge < -0.3 is 19.4 Å². The maximum Gasteiger partial charge on any atom is 0.224 e. The molecule has 1 fully saturated rings. The Morgan fingerprint density at radius 2 is 2.44 bits per heavy atom. The van der Waals surface area contributed by atoms with Gasteiger partial charge in [0.1, 0.15) is 5.76 Å². The summed E-state index contributed by atoms with van der Waals surface area (Å²) in [5, 5.41) is 3.27. The van der Waals surface area contributed by atoms with Crippen molar-refractivity contribution in [3.63, 3.8) is 0 Å². The summed E-state index contributed by atoms with van der Waals surface area (Å²) < 4.78 is 11.4. The number of furan rings is 1. The fourth-order valence-corrected chi connectivity index (χ4v) is 2.22. The first kappa shape index (κ1) is 13.6. The molecule has 100 valence electrons. The summed E-state index contributed by atoms with van der Waals surface area (Å²) in [6, 6.07) is 3.80. The van der Waals surface area contributed by atoms with Gasteiger partial charge >= 0.3 is 0 Å². The first-order chi connectivity index (χ1) is 8.65. The Kier molecular flexibility index (Phi) is 4.79. The predicted octanol–water partition coefficient (Wildman–Crippen LogP) is 1.38. The average molecular weight is 317 g/mol. The van der Waals surface area contributed by atoms with E-state index in [1.807, 2.05) is 12.1 Å². The third kappa shape index (κ3) is 3.83. The van der Waals surface area contributed by atoms with Crippen LogP contribution < -0.4 is 5.32 Å². The number of ether oxygens (including phenoxy) is 1. The van der Waals surface area contributed by atoms with E-state index in [0.717, 1.165) is 18.9 Å². The summed E-state index contributed by atoms with van der Waals surface area (Å²) in [5.41, 5.74) is 0. The number of halogens is 1. The summed E-state index contributed by atoms with van der Waals surface area (Å²) in [4.78, 5) is 13.7. The lowest BCUT2D eigenvalue weighted by atomic mass is 10.2. The minimum absolute atomic E-state index is 0.0884. The molecule has 1 unspecified atom stereocenters. The quantitative estimate of drug-likeness (QED) is 0.911. The highest BCUT2D eigenvalue weighted by Gasteiger charge is 2.19. The van der Waals surface area contributed by atoms with Gasteiger partial charge in [0.05, 0.1) is 19.8 Å². The second-order valence-corrected chi connectivity index (χ2v) is 5.17. The molecule has 2 rings (SSSR count). The van der Waals surface area contributed by atoms with Crippen LogP contribution in [0.2, 0.25) is 0 Å². The summed E-state index contributed by atoms with van der Waals surface area (Å²) in [6.45, 7) is 2.62. The highest BCUT2D eigenvalue weighted by Crippen LogP contribution is 2.15. The van der Waals surface area contributed by atoms with Gasteiger partial charge in [0.15, 0.2) is 4.67 Å². The van der Waals surface area contributed by atoms with Crippen LogP contribution in [0.5, 0.6) is 0 Å². The smallest absolute Gasteiger partial charge is 0.224 e. The molecule has 1 aromatic rings. The van der Waals surface area contributed by atoms with Gasteiger partial charge in [0.2, 0.25) is 5.91 Å². The number of amides is 1. The fraction of sp³-hybridized carbons (Fsp3) is 0.583. The van der Waals surface area contributed by atoms with Gasteiger partial charge in [0, 0.05) is 26.1 Å². The molecule has 5 nitrogen and oxygen atoms in total. The van der Waals surface area contributed by atoms with E-state index in [4.69, 9.17) is 9.15 Å². The second kappa shape index (κ2) is 6.36. The second-order valence-electron chi connectivity index (χ2n) is 4.39. The Morgan fingerprint density at radius 1 is 1.61 bits per heavy atom. The van der Waals surface area contributed by atoms with Crippen molar-refractivity contribution >= 4 is 21.8 Å². The van der Waals surface area contributed by atoms with Crippen molar-refractivity contribution in [1.82, 2.24) is 10.2 Å². The Hall–Kier alpha value is -0.850. The Labute approximate surface area is 115 Å². The molecule has 18 heavy (non-hydrogen) atoms. The monoisotopic (exact) mass is 316 g/mol. The van der Waals surface area contributed by atoms with Crippen LogP contribution in [0.4, 0.5) is 0 Å². The largest absolute Gasteiger partial charge is 0.452 e. The number of nitrogens with zero attached hydrogens (tertiary/aromatic N) is 1. The highest BCUT2D eigenvalue weighted by molar-refractivity contribution is 9.10. The summed E-state index contributed by atoms with van der Waals surface area (Å²) in [6.07, 6.45) is 0.457. The number of carbonyl (C=O) groups is 1. The van der Waals surface area contributed by atoms with Gasteiger partial charge in [-0.2, -0.15) is 0 Å². The molecule has 1 atom stereocenters. The van der Waals surface area contributed by atoms with Crippen molar-refractivity contribution in [2.75, 3.05) is 26.8 Å². The van der Waals surface area contributed by atoms with E-state index in [9.17, 15) is 4.79 Å². The van der Waals surface area contributed by atoms with Crippen molar-refractivity contribution in [2.45, 2.75) is 19.0 Å². The average Bonchev–Trinajstić information content (AvgIpc) is 2.76. The minimum Gasteiger partial charge on any atom is -0.452 e. The molecule has 0 saturated carbocycles. The van der Waals surface area contributed by atoms with Crippen molar-refractivity contribution in [3.8, 4) is 0 Å². The van der Waals surface area contributed by atoms with Gasteiger partial charge in [-0.3, -0.25) is 4.79 Å². The van der Waals surface area contributed by atoms with E-state index in [1.54, 1.807) is 11.9 Å². The number of carbonyl (C=O) groups excluding carboxylic acids is 1. The number of hydrogen-bond acceptors (Lipinski definition) is 4. The lowest BCUT2D eigenvalue weighted by molar-refractivity contribution is -0.131. The van der Waals surface area contributed by atoms with Crippen molar-refractivity contribution in [3.05, 3.63) is 22.6 Å². The first-order valence-corrected chi connectivity index (χ1v) is 6.74. The molecule has 1 saturated heterocycles. The third-order valence-corrected chi connectivity index (χ3v) is 3.29. The van der Waals surface area contributed by atoms with Crippen molar-refractivity contribution in [2.24, 2.45) is 0 Å². The van der Waals surface area contributed by atoms with Gasteiger partial charge in [-0.15, -0.1) is 0 Å². The zero-order valence-electron chi connectivity index (χ0n) is 10.3. The standard InChI is InChI=1S/C12H17BrN2O3/c1-15(7-10-2-3-11(13)18-10)12(16)6-9-8-17-5-4-14-9/h2-3,9,14H,4-8H2,1H3. The van der Waals surface area contributed by atoms with Gasteiger partial charge in [0.25, 0.3) is 0 Å². The van der Waals surface area contributed by atoms with Crippen LogP contribution in [0, 0.1) is 0 Å². The number of rotatable bonds is 4. The molecule has 1 aromatic heterocycles. The third-order valence-electron chi connectivity index (χ3n) is 2.87. The molecule has 1 amide bonds. The van der Waals surface area contributed by atoms with E-state index in [-0.39, 0.29) is 11.9 Å². The molecule has 1 aliphatic heterocycles. The lowest BCUT2D eigenvalue weighted by Crippen LogP contribution is -2.44. The van der Waals surface area contributed by atoms with E-state index >= 15 is 0 Å². The molecule has 0 aliphatic carbocycles. The SMILES string of the molecule is CN(Cc1ccc(Br)o1)C(=O)CC1COCCN1. The maximum atomic E-state index is 12.0. The molecule has 0 aromatic carbocycles. The van der Waals surface area contributed by atoms with Crippen molar-refractivity contribution < 1.29 is 13.9 Å². The molecule has 0 bridgehead atoms. The molecule has 0 spiro atoms.